The van der Waals surface area contributed by atoms with E-state index < -0.39 is 5.97 Å². The number of nitrogens with two attached hydrogens (primary N) is 1. The summed E-state index contributed by atoms with van der Waals surface area (Å²) in [5.74, 6) is -0.968. The van der Waals surface area contributed by atoms with Gasteiger partial charge in [-0.25, -0.2) is 0 Å². The van der Waals surface area contributed by atoms with Gasteiger partial charge in [0.2, 0.25) is 0 Å². The van der Waals surface area contributed by atoms with Gasteiger partial charge >= 0.3 is 49.5 Å². The molecule has 0 rings (SSSR count). The Balaban J connectivity index is -0.000000000523. The summed E-state index contributed by atoms with van der Waals surface area (Å²) in [4.78, 5) is 9.24. The van der Waals surface area contributed by atoms with Gasteiger partial charge in [0, 0.05) is 0 Å². The number of rotatable bonds is 1. The van der Waals surface area contributed by atoms with Crippen LogP contribution in [0.25, 0.3) is 0 Å². The summed E-state index contributed by atoms with van der Waals surface area (Å²) >= 11 is 0. The van der Waals surface area contributed by atoms with Crippen molar-refractivity contribution in [3.8, 4) is 0 Å². The van der Waals surface area contributed by atoms with Gasteiger partial charge in [0.15, 0.2) is 0 Å². The van der Waals surface area contributed by atoms with Crippen molar-refractivity contribution >= 4 is 23.3 Å². The van der Waals surface area contributed by atoms with Crippen molar-refractivity contribution < 1.29 is 172 Å². The van der Waals surface area contributed by atoms with Crippen LogP contribution in [0.3, 0.4) is 0 Å². The van der Waals surface area contributed by atoms with Crippen molar-refractivity contribution in [2.75, 3.05) is 6.54 Å². The van der Waals surface area contributed by atoms with Crippen LogP contribution in [-0.4, -0.2) is 84.3 Å². The van der Waals surface area contributed by atoms with Crippen LogP contribution in [0.5, 0.6) is 0 Å². The third kappa shape index (κ3) is 610. The van der Waals surface area contributed by atoms with E-state index in [0.29, 0.717) is 0 Å². The Morgan fingerprint density at radius 3 is 0.652 bits per heavy atom. The molecule has 0 aliphatic carbocycles. The number of hydrogen-bond acceptors (Lipinski definition) is 2. The van der Waals surface area contributed by atoms with Crippen LogP contribution in [0.2, 0.25) is 0 Å². The van der Waals surface area contributed by atoms with Gasteiger partial charge < -0.3 is 147 Å². The van der Waals surface area contributed by atoms with Crippen LogP contribution < -0.4 is 92.6 Å². The molecule has 158 valence electrons. The number of carboxylic acids is 1. The Hall–Kier alpha value is 2.52. The Morgan fingerprint density at radius 2 is 0.652 bits per heavy atom. The summed E-state index contributed by atoms with van der Waals surface area (Å²) in [5, 5.41) is 7.60. The van der Waals surface area contributed by atoms with Crippen LogP contribution in [0.1, 0.15) is 0 Å². The molecule has 0 radical (unpaired) electrons. The Labute approximate surface area is 206 Å². The van der Waals surface area contributed by atoms with Gasteiger partial charge in [-0.1, -0.05) is 0 Å². The normalized spacial score (nSPS) is 1.61. The first-order chi connectivity index (χ1) is 2.27. The zero-order valence-electron chi connectivity index (χ0n) is 10.9. The summed E-state index contributed by atoms with van der Waals surface area (Å²) in [7, 11) is 0. The maximum Gasteiger partial charge on any atom is 4.00 e. The molecule has 0 amide bonds. The quantitative estimate of drug-likeness (QED) is 0.276. The molecule has 0 aliphatic rings. The van der Waals surface area contributed by atoms with Gasteiger partial charge in [-0.2, -0.15) is 0 Å². The molecule has 0 saturated carbocycles. The third-order valence-corrected chi connectivity index (χ3v) is 0.175. The molecule has 23 heavy (non-hydrogen) atoms. The number of aliphatic carboxylic acids is 1. The molecule has 0 aromatic carbocycles. The molecular weight excluding hydrogens is 580 g/mol. The van der Waals surface area contributed by atoms with Crippen molar-refractivity contribution in [2.45, 2.75) is 0 Å². The van der Waals surface area contributed by atoms with Crippen molar-refractivity contribution in [1.82, 2.24) is 0 Å². The van der Waals surface area contributed by atoms with Crippen molar-refractivity contribution in [1.29, 1.82) is 0 Å². The average molecular weight is 604 g/mol. The Morgan fingerprint density at radius 1 is 0.609 bits per heavy atom. The third-order valence-electron chi connectivity index (χ3n) is 0.175. The summed E-state index contributed by atoms with van der Waals surface area (Å²) in [6.45, 7) is -0.278. The molecule has 0 heterocycles. The Bertz CT molecular complexity index is 79.6. The molecule has 0 unspecified atom stereocenters. The molecule has 0 aromatic heterocycles. The van der Waals surface area contributed by atoms with Gasteiger partial charge in [-0.15, -0.1) is 0 Å². The summed E-state index contributed by atoms with van der Waals surface area (Å²) in [5.41, 5.74) is 4.57. The second-order valence-corrected chi connectivity index (χ2v) is 0.598. The molecule has 0 aliphatic heterocycles. The minimum Gasteiger partial charge on any atom is -1.00 e. The fraction of sp³-hybridized carbons (Fsp3) is 0.500. The SMILES string of the molecule is NCC(=O)O.O.O.O.O.O.O.O.O.O.[Al+3].[Cl-].[Cl-].[Cl-].[Cl-].[Cl-].[Cl-].[Cl-].[Zr+4]. The smallest absolute Gasteiger partial charge is 1.00 e. The van der Waals surface area contributed by atoms with Gasteiger partial charge in [-0.3, -0.25) is 4.79 Å². The van der Waals surface area contributed by atoms with Crippen LogP contribution >= 0.6 is 0 Å². The number of carbonyl (C=O) groups is 1. The second-order valence-electron chi connectivity index (χ2n) is 0.598. The first-order valence-electron chi connectivity index (χ1n) is 1.19. The topological polar surface area (TPSA) is 347 Å². The fourth-order valence-corrected chi connectivity index (χ4v) is 0. The molecular formula is C2H23AlCl7NO11Zr. The van der Waals surface area contributed by atoms with E-state index in [9.17, 15) is 4.79 Å². The van der Waals surface area contributed by atoms with Crippen LogP contribution in [0.4, 0.5) is 0 Å². The largest absolute Gasteiger partial charge is 4.00 e. The van der Waals surface area contributed by atoms with E-state index in [1.165, 1.54) is 0 Å². The standard InChI is InChI=1S/C2H5NO2.Al.7ClH.9H2O.Zr/c3-1-2(4)5;;;;;;;;;;;;;;;;;;/h1,3H2,(H,4,5);;7*1H;9*1H2;/q;+3;;;;;;;;;;;;;;;;;+4/p-7. The zero-order chi connectivity index (χ0) is 4.28. The molecule has 0 saturated heterocycles. The van der Waals surface area contributed by atoms with Gasteiger partial charge in [0.1, 0.15) is 0 Å². The Kier molecular flexibility index (Phi) is 5020. The molecule has 21 heteroatoms. The van der Waals surface area contributed by atoms with Gasteiger partial charge in [-0.05, 0) is 0 Å². The molecule has 0 fully saturated rings. The maximum absolute atomic E-state index is 9.24. The maximum atomic E-state index is 9.24. The molecule has 0 atom stereocenters. The molecule has 0 aromatic rings. The van der Waals surface area contributed by atoms with Crippen LogP contribution in [0, 0.1) is 0 Å². The van der Waals surface area contributed by atoms with Gasteiger partial charge in [0.25, 0.3) is 0 Å². The van der Waals surface area contributed by atoms with Crippen molar-refractivity contribution in [3.63, 3.8) is 0 Å². The fourth-order valence-electron chi connectivity index (χ4n) is 0. The summed E-state index contributed by atoms with van der Waals surface area (Å²) in [6, 6.07) is 0. The number of carboxylic acid groups (broad SMARTS) is 1. The van der Waals surface area contributed by atoms with Crippen LogP contribution in [-0.2, 0) is 31.0 Å². The van der Waals surface area contributed by atoms with E-state index in [1.54, 1.807) is 0 Å². The number of halogens is 7. The van der Waals surface area contributed by atoms with Gasteiger partial charge in [0.05, 0.1) is 6.54 Å². The minimum absolute atomic E-state index is 0. The van der Waals surface area contributed by atoms with Crippen molar-refractivity contribution in [3.05, 3.63) is 0 Å². The molecule has 21 N–H and O–H groups in total. The predicted molar refractivity (Wildman–Crippen MR) is 55.0 cm³/mol. The van der Waals surface area contributed by atoms with E-state index in [2.05, 4.69) is 5.73 Å². The average Bonchev–Trinajstić information content (AvgIpc) is 1.38. The van der Waals surface area contributed by atoms with Crippen LogP contribution in [0.15, 0.2) is 0 Å². The monoisotopic (exact) mass is 599 g/mol. The second kappa shape index (κ2) is 319. The first kappa shape index (κ1) is 361. The molecule has 12 nitrogen and oxygen atoms in total. The first-order valence-corrected chi connectivity index (χ1v) is 1.19. The van der Waals surface area contributed by atoms with E-state index in [-0.39, 0.29) is 186 Å². The summed E-state index contributed by atoms with van der Waals surface area (Å²) in [6.07, 6.45) is 0. The minimum atomic E-state index is -0.968. The predicted octanol–water partition coefficient (Wildman–Crippen LogP) is -29.7. The number of hydrogen-bond donors (Lipinski definition) is 2. The zero-order valence-corrected chi connectivity index (χ0v) is 19.8. The van der Waals surface area contributed by atoms with E-state index in [1.807, 2.05) is 0 Å². The molecule has 0 spiro atoms. The van der Waals surface area contributed by atoms with E-state index >= 15 is 0 Å². The summed E-state index contributed by atoms with van der Waals surface area (Å²) < 4.78 is 0. The van der Waals surface area contributed by atoms with Crippen molar-refractivity contribution in [2.24, 2.45) is 5.73 Å². The van der Waals surface area contributed by atoms with E-state index in [4.69, 9.17) is 5.11 Å². The van der Waals surface area contributed by atoms with E-state index in [0.717, 1.165) is 0 Å². The molecule has 0 bridgehead atoms.